The van der Waals surface area contributed by atoms with Gasteiger partial charge in [-0.1, -0.05) is 12.1 Å². The fourth-order valence-corrected chi connectivity index (χ4v) is 0.866. The van der Waals surface area contributed by atoms with Gasteiger partial charge in [0.05, 0.1) is 7.11 Å². The predicted octanol–water partition coefficient (Wildman–Crippen LogP) is 1.90. The topological polar surface area (TPSA) is 26.3 Å². The molecule has 0 heterocycles. The van der Waals surface area contributed by atoms with E-state index in [0.717, 1.165) is 0 Å². The Hall–Kier alpha value is -1.38. The Kier molecular flexibility index (Phi) is 2.80. The maximum absolute atomic E-state index is 12.7. The molecule has 1 atom stereocenters. The minimum Gasteiger partial charge on any atom is -0.497 e. The summed E-state index contributed by atoms with van der Waals surface area (Å²) in [6.45, 7) is 0. The Balaban J connectivity index is 2.84. The van der Waals surface area contributed by atoms with Crippen LogP contribution in [0.1, 0.15) is 11.7 Å². The first-order valence-electron chi connectivity index (χ1n) is 3.51. The number of halogens is 1. The predicted molar refractivity (Wildman–Crippen MR) is 42.9 cm³/mol. The summed E-state index contributed by atoms with van der Waals surface area (Å²) < 4.78 is 17.6. The number of hydrogen-bond donors (Lipinski definition) is 0. The van der Waals surface area contributed by atoms with Gasteiger partial charge in [0.1, 0.15) is 5.75 Å². The Morgan fingerprint density at radius 2 is 2.00 bits per heavy atom. The van der Waals surface area contributed by atoms with Crippen LogP contribution in [0.5, 0.6) is 5.75 Å². The fourth-order valence-electron chi connectivity index (χ4n) is 0.866. The maximum Gasteiger partial charge on any atom is 0.180 e. The van der Waals surface area contributed by atoms with E-state index in [0.29, 0.717) is 11.3 Å². The highest BCUT2D eigenvalue weighted by atomic mass is 19.1. The summed E-state index contributed by atoms with van der Waals surface area (Å²) in [6.07, 6.45) is -1.27. The number of benzene rings is 1. The lowest BCUT2D eigenvalue weighted by atomic mass is 10.1. The zero-order valence-corrected chi connectivity index (χ0v) is 6.66. The van der Waals surface area contributed by atoms with Gasteiger partial charge in [-0.2, -0.15) is 0 Å². The van der Waals surface area contributed by atoms with Crippen molar-refractivity contribution >= 4 is 6.29 Å². The quantitative estimate of drug-likeness (QED) is 0.644. The second-order valence-electron chi connectivity index (χ2n) is 2.31. The summed E-state index contributed by atoms with van der Waals surface area (Å²) in [7, 11) is 1.53. The molecule has 0 amide bonds. The van der Waals surface area contributed by atoms with Crippen molar-refractivity contribution in [2.75, 3.05) is 7.11 Å². The Morgan fingerprint density at radius 1 is 1.42 bits per heavy atom. The SMILES string of the molecule is COc1ccc(C(F)C=O)cc1. The van der Waals surface area contributed by atoms with Crippen molar-refractivity contribution in [3.63, 3.8) is 0 Å². The number of hydrogen-bond acceptors (Lipinski definition) is 2. The van der Waals surface area contributed by atoms with Crippen LogP contribution < -0.4 is 4.74 Å². The van der Waals surface area contributed by atoms with Gasteiger partial charge in [0.2, 0.25) is 0 Å². The lowest BCUT2D eigenvalue weighted by Crippen LogP contribution is -1.92. The van der Waals surface area contributed by atoms with Crippen LogP contribution in [-0.2, 0) is 4.79 Å². The highest BCUT2D eigenvalue weighted by molar-refractivity contribution is 5.59. The molecule has 0 bridgehead atoms. The molecule has 0 radical (unpaired) electrons. The van der Waals surface area contributed by atoms with Crippen LogP contribution in [0.25, 0.3) is 0 Å². The van der Waals surface area contributed by atoms with E-state index >= 15 is 0 Å². The van der Waals surface area contributed by atoms with E-state index in [1.165, 1.54) is 19.2 Å². The second kappa shape index (κ2) is 3.85. The molecule has 64 valence electrons. The zero-order chi connectivity index (χ0) is 8.97. The number of aldehydes is 1. The molecule has 3 heteroatoms. The van der Waals surface area contributed by atoms with Crippen LogP contribution in [-0.4, -0.2) is 13.4 Å². The van der Waals surface area contributed by atoms with Crippen molar-refractivity contribution in [3.8, 4) is 5.75 Å². The molecule has 1 aromatic rings. The molecule has 0 fully saturated rings. The van der Waals surface area contributed by atoms with Crippen LogP contribution in [0.4, 0.5) is 4.39 Å². The number of carbonyl (C=O) groups is 1. The van der Waals surface area contributed by atoms with Crippen LogP contribution in [0.2, 0.25) is 0 Å². The molecule has 0 aliphatic carbocycles. The number of alkyl halides is 1. The molecule has 1 rings (SSSR count). The molecule has 1 aromatic carbocycles. The van der Waals surface area contributed by atoms with Gasteiger partial charge in [-0.15, -0.1) is 0 Å². The summed E-state index contributed by atoms with van der Waals surface area (Å²) >= 11 is 0. The van der Waals surface area contributed by atoms with Crippen LogP contribution in [0.3, 0.4) is 0 Å². The molecular formula is C9H9FO2. The summed E-state index contributed by atoms with van der Waals surface area (Å²) in [5.74, 6) is 0.650. The van der Waals surface area contributed by atoms with Gasteiger partial charge >= 0.3 is 0 Å². The van der Waals surface area contributed by atoms with Gasteiger partial charge < -0.3 is 4.74 Å². The van der Waals surface area contributed by atoms with Crippen LogP contribution in [0, 0.1) is 0 Å². The summed E-state index contributed by atoms with van der Waals surface area (Å²) in [5, 5.41) is 0. The summed E-state index contributed by atoms with van der Waals surface area (Å²) in [5.41, 5.74) is 0.353. The van der Waals surface area contributed by atoms with E-state index in [9.17, 15) is 9.18 Å². The molecule has 0 aromatic heterocycles. The largest absolute Gasteiger partial charge is 0.497 e. The Bertz CT molecular complexity index is 256. The minimum atomic E-state index is -1.53. The van der Waals surface area contributed by atoms with Gasteiger partial charge in [-0.05, 0) is 17.7 Å². The average molecular weight is 168 g/mol. The van der Waals surface area contributed by atoms with Crippen molar-refractivity contribution in [3.05, 3.63) is 29.8 Å². The molecule has 0 saturated carbocycles. The number of methoxy groups -OCH3 is 1. The van der Waals surface area contributed by atoms with E-state index in [2.05, 4.69) is 0 Å². The zero-order valence-electron chi connectivity index (χ0n) is 6.66. The lowest BCUT2D eigenvalue weighted by molar-refractivity contribution is -0.112. The molecule has 2 nitrogen and oxygen atoms in total. The van der Waals surface area contributed by atoms with E-state index in [1.807, 2.05) is 0 Å². The summed E-state index contributed by atoms with van der Waals surface area (Å²) in [4.78, 5) is 10.1. The number of rotatable bonds is 3. The van der Waals surface area contributed by atoms with Crippen molar-refractivity contribution in [1.82, 2.24) is 0 Å². The van der Waals surface area contributed by atoms with Gasteiger partial charge in [0.15, 0.2) is 12.5 Å². The molecule has 0 aliphatic heterocycles. The molecule has 12 heavy (non-hydrogen) atoms. The molecular weight excluding hydrogens is 159 g/mol. The average Bonchev–Trinajstić information content (AvgIpc) is 2.17. The third-order valence-electron chi connectivity index (χ3n) is 1.55. The second-order valence-corrected chi connectivity index (χ2v) is 2.31. The molecule has 1 unspecified atom stereocenters. The highest BCUT2D eigenvalue weighted by Gasteiger charge is 2.06. The van der Waals surface area contributed by atoms with Crippen molar-refractivity contribution in [1.29, 1.82) is 0 Å². The first-order chi connectivity index (χ1) is 5.77. The van der Waals surface area contributed by atoms with Gasteiger partial charge in [-0.3, -0.25) is 4.79 Å². The van der Waals surface area contributed by atoms with Gasteiger partial charge in [-0.25, -0.2) is 4.39 Å². The molecule has 0 spiro atoms. The first-order valence-corrected chi connectivity index (χ1v) is 3.51. The normalized spacial score (nSPS) is 12.2. The maximum atomic E-state index is 12.7. The van der Waals surface area contributed by atoms with E-state index in [1.54, 1.807) is 12.1 Å². The van der Waals surface area contributed by atoms with Gasteiger partial charge in [0, 0.05) is 0 Å². The highest BCUT2D eigenvalue weighted by Crippen LogP contribution is 2.18. The summed E-state index contributed by atoms with van der Waals surface area (Å²) in [6, 6.07) is 6.28. The van der Waals surface area contributed by atoms with Crippen molar-refractivity contribution in [2.24, 2.45) is 0 Å². The minimum absolute atomic E-state index is 0.266. The molecule has 0 aliphatic rings. The smallest absolute Gasteiger partial charge is 0.180 e. The van der Waals surface area contributed by atoms with Gasteiger partial charge in [0.25, 0.3) is 0 Å². The lowest BCUT2D eigenvalue weighted by Gasteiger charge is -2.02. The van der Waals surface area contributed by atoms with Crippen LogP contribution >= 0.6 is 0 Å². The molecule has 0 N–H and O–H groups in total. The number of ether oxygens (including phenoxy) is 1. The monoisotopic (exact) mass is 168 g/mol. The third-order valence-corrected chi connectivity index (χ3v) is 1.55. The number of carbonyl (C=O) groups excluding carboxylic acids is 1. The Labute approximate surface area is 70.0 Å². The fraction of sp³-hybridized carbons (Fsp3) is 0.222. The van der Waals surface area contributed by atoms with E-state index in [-0.39, 0.29) is 6.29 Å². The van der Waals surface area contributed by atoms with Crippen molar-refractivity contribution < 1.29 is 13.9 Å². The standard InChI is InChI=1S/C9H9FO2/c1-12-8-4-2-7(3-5-8)9(10)6-11/h2-6,9H,1H3. The Morgan fingerprint density at radius 3 is 2.42 bits per heavy atom. The third kappa shape index (κ3) is 1.81. The van der Waals surface area contributed by atoms with Crippen LogP contribution in [0.15, 0.2) is 24.3 Å². The van der Waals surface area contributed by atoms with Crippen molar-refractivity contribution in [2.45, 2.75) is 6.17 Å². The van der Waals surface area contributed by atoms with E-state index in [4.69, 9.17) is 4.74 Å². The first kappa shape index (κ1) is 8.71. The molecule has 0 saturated heterocycles. The van der Waals surface area contributed by atoms with E-state index < -0.39 is 6.17 Å².